The smallest absolute Gasteiger partial charge is 0.387 e. The number of rotatable bonds is 3. The van der Waals surface area contributed by atoms with Gasteiger partial charge >= 0.3 is 6.61 Å². The van der Waals surface area contributed by atoms with E-state index < -0.39 is 6.61 Å². The van der Waals surface area contributed by atoms with Crippen molar-refractivity contribution in [2.24, 2.45) is 0 Å². The molecule has 1 aliphatic rings. The lowest BCUT2D eigenvalue weighted by atomic mass is 9.79. The predicted molar refractivity (Wildman–Crippen MR) is 50.1 cm³/mol. The van der Waals surface area contributed by atoms with Crippen LogP contribution in [0.15, 0.2) is 24.3 Å². The molecule has 80 valence electrons. The van der Waals surface area contributed by atoms with E-state index in [0.717, 1.165) is 12.0 Å². The molecule has 0 radical (unpaired) electrons. The van der Waals surface area contributed by atoms with E-state index in [-0.39, 0.29) is 17.5 Å². The fraction of sp³-hybridized carbons (Fsp3) is 0.364. The summed E-state index contributed by atoms with van der Waals surface area (Å²) >= 11 is 0. The number of Topliss-reactive ketones (excluding diaryl/α,β-unsaturated/α-hetero) is 1. The molecule has 1 aromatic rings. The maximum Gasteiger partial charge on any atom is 0.387 e. The Hall–Kier alpha value is -1.45. The van der Waals surface area contributed by atoms with Crippen LogP contribution in [-0.2, 0) is 4.79 Å². The van der Waals surface area contributed by atoms with Gasteiger partial charge in [-0.1, -0.05) is 12.1 Å². The van der Waals surface area contributed by atoms with Crippen LogP contribution >= 0.6 is 0 Å². The molecule has 2 rings (SSSR count). The number of carbonyl (C=O) groups is 1. The minimum atomic E-state index is -2.80. The number of hydrogen-bond donors (Lipinski definition) is 0. The van der Waals surface area contributed by atoms with Crippen LogP contribution in [0.3, 0.4) is 0 Å². The second kappa shape index (κ2) is 3.96. The molecule has 0 N–H and O–H groups in total. The van der Waals surface area contributed by atoms with E-state index in [0.29, 0.717) is 6.42 Å². The van der Waals surface area contributed by atoms with Crippen LogP contribution in [0.4, 0.5) is 8.78 Å². The Kier molecular flexibility index (Phi) is 2.66. The Bertz CT molecular complexity index is 359. The maximum atomic E-state index is 11.8. The van der Waals surface area contributed by atoms with Crippen molar-refractivity contribution in [1.29, 1.82) is 0 Å². The minimum Gasteiger partial charge on any atom is -0.435 e. The zero-order valence-corrected chi connectivity index (χ0v) is 7.95. The first-order valence-electron chi connectivity index (χ1n) is 4.74. The SMILES string of the molecule is O=C1CCC1c1ccc(OC(F)F)cc1. The summed E-state index contributed by atoms with van der Waals surface area (Å²) in [4.78, 5) is 11.1. The number of ether oxygens (including phenoxy) is 1. The van der Waals surface area contributed by atoms with Gasteiger partial charge in [-0.05, 0) is 24.1 Å². The molecule has 4 heteroatoms. The quantitative estimate of drug-likeness (QED) is 0.770. The Morgan fingerprint density at radius 2 is 1.93 bits per heavy atom. The van der Waals surface area contributed by atoms with Crippen molar-refractivity contribution in [3.63, 3.8) is 0 Å². The van der Waals surface area contributed by atoms with Gasteiger partial charge in [0.2, 0.25) is 0 Å². The summed E-state index contributed by atoms with van der Waals surface area (Å²) in [7, 11) is 0. The van der Waals surface area contributed by atoms with Crippen LogP contribution in [0.25, 0.3) is 0 Å². The summed E-state index contributed by atoms with van der Waals surface area (Å²) in [6.07, 6.45) is 1.48. The normalized spacial score (nSPS) is 20.2. The standard InChI is InChI=1S/C11H10F2O2/c12-11(13)15-8-3-1-7(2-4-8)9-5-6-10(9)14/h1-4,9,11H,5-6H2. The van der Waals surface area contributed by atoms with Gasteiger partial charge in [-0.3, -0.25) is 4.79 Å². The van der Waals surface area contributed by atoms with Gasteiger partial charge in [0, 0.05) is 12.3 Å². The van der Waals surface area contributed by atoms with Gasteiger partial charge in [-0.2, -0.15) is 8.78 Å². The monoisotopic (exact) mass is 212 g/mol. The van der Waals surface area contributed by atoms with Crippen molar-refractivity contribution >= 4 is 5.78 Å². The highest BCUT2D eigenvalue weighted by Gasteiger charge is 2.29. The molecule has 0 bridgehead atoms. The Balaban J connectivity index is 2.07. The molecule has 1 saturated carbocycles. The van der Waals surface area contributed by atoms with Crippen LogP contribution in [0.1, 0.15) is 24.3 Å². The van der Waals surface area contributed by atoms with Gasteiger partial charge in [-0.15, -0.1) is 0 Å². The highest BCUT2D eigenvalue weighted by molar-refractivity contribution is 5.91. The number of ketones is 1. The van der Waals surface area contributed by atoms with Gasteiger partial charge in [0.15, 0.2) is 0 Å². The summed E-state index contributed by atoms with van der Waals surface area (Å²) in [5.41, 5.74) is 0.882. The second-order valence-corrected chi connectivity index (χ2v) is 3.51. The summed E-state index contributed by atoms with van der Waals surface area (Å²) in [5.74, 6) is 0.309. The zero-order valence-electron chi connectivity index (χ0n) is 7.95. The van der Waals surface area contributed by atoms with Gasteiger partial charge in [-0.25, -0.2) is 0 Å². The van der Waals surface area contributed by atoms with Gasteiger partial charge in [0.1, 0.15) is 11.5 Å². The fourth-order valence-corrected chi connectivity index (χ4v) is 1.64. The van der Waals surface area contributed by atoms with Crippen molar-refractivity contribution in [2.75, 3.05) is 0 Å². The van der Waals surface area contributed by atoms with E-state index in [1.807, 2.05) is 0 Å². The summed E-state index contributed by atoms with van der Waals surface area (Å²) in [6.45, 7) is -2.80. The Labute approximate surface area is 85.9 Å². The largest absolute Gasteiger partial charge is 0.435 e. The van der Waals surface area contributed by atoms with E-state index in [1.54, 1.807) is 12.1 Å². The van der Waals surface area contributed by atoms with E-state index in [4.69, 9.17) is 0 Å². The first-order valence-corrected chi connectivity index (χ1v) is 4.74. The summed E-state index contributed by atoms with van der Waals surface area (Å²) in [6, 6.07) is 6.26. The van der Waals surface area contributed by atoms with Crippen LogP contribution in [0.2, 0.25) is 0 Å². The molecular formula is C11H10F2O2. The lowest BCUT2D eigenvalue weighted by Crippen LogP contribution is -2.22. The molecule has 1 aliphatic carbocycles. The molecule has 0 heterocycles. The maximum absolute atomic E-state index is 11.8. The van der Waals surface area contributed by atoms with Gasteiger partial charge in [0.05, 0.1) is 0 Å². The van der Waals surface area contributed by atoms with Crippen molar-refractivity contribution in [1.82, 2.24) is 0 Å². The number of halogens is 2. The zero-order chi connectivity index (χ0) is 10.8. The molecule has 0 spiro atoms. The third-order valence-electron chi connectivity index (χ3n) is 2.58. The van der Waals surface area contributed by atoms with E-state index >= 15 is 0 Å². The van der Waals surface area contributed by atoms with Crippen LogP contribution in [-0.4, -0.2) is 12.4 Å². The number of carbonyl (C=O) groups excluding carboxylic acids is 1. The Morgan fingerprint density at radius 1 is 1.27 bits per heavy atom. The summed E-state index contributed by atoms with van der Waals surface area (Å²) in [5, 5.41) is 0. The molecule has 1 aromatic carbocycles. The highest BCUT2D eigenvalue weighted by Crippen LogP contribution is 2.33. The molecule has 0 saturated heterocycles. The molecule has 1 atom stereocenters. The molecule has 0 aromatic heterocycles. The van der Waals surface area contributed by atoms with Crippen LogP contribution < -0.4 is 4.74 Å². The molecule has 15 heavy (non-hydrogen) atoms. The molecule has 1 fully saturated rings. The number of benzene rings is 1. The average molecular weight is 212 g/mol. The molecule has 0 aliphatic heterocycles. The topological polar surface area (TPSA) is 26.3 Å². The van der Waals surface area contributed by atoms with Crippen LogP contribution in [0, 0.1) is 0 Å². The van der Waals surface area contributed by atoms with Crippen molar-refractivity contribution < 1.29 is 18.3 Å². The second-order valence-electron chi connectivity index (χ2n) is 3.51. The third kappa shape index (κ3) is 2.14. The number of alkyl halides is 2. The molecular weight excluding hydrogens is 202 g/mol. The third-order valence-corrected chi connectivity index (χ3v) is 2.58. The lowest BCUT2D eigenvalue weighted by Gasteiger charge is -2.24. The highest BCUT2D eigenvalue weighted by atomic mass is 19.3. The lowest BCUT2D eigenvalue weighted by molar-refractivity contribution is -0.125. The fourth-order valence-electron chi connectivity index (χ4n) is 1.64. The van der Waals surface area contributed by atoms with E-state index in [9.17, 15) is 13.6 Å². The van der Waals surface area contributed by atoms with E-state index in [1.165, 1.54) is 12.1 Å². The Morgan fingerprint density at radius 3 is 2.33 bits per heavy atom. The first kappa shape index (κ1) is 10.1. The van der Waals surface area contributed by atoms with Crippen LogP contribution in [0.5, 0.6) is 5.75 Å². The van der Waals surface area contributed by atoms with Crippen molar-refractivity contribution in [3.8, 4) is 5.75 Å². The summed E-state index contributed by atoms with van der Waals surface area (Å²) < 4.78 is 27.9. The van der Waals surface area contributed by atoms with Gasteiger partial charge < -0.3 is 4.74 Å². The van der Waals surface area contributed by atoms with E-state index in [2.05, 4.69) is 4.74 Å². The minimum absolute atomic E-state index is 0.0365. The average Bonchev–Trinajstić information content (AvgIpc) is 2.18. The molecule has 1 unspecified atom stereocenters. The molecule has 0 amide bonds. The van der Waals surface area contributed by atoms with Gasteiger partial charge in [0.25, 0.3) is 0 Å². The van der Waals surface area contributed by atoms with Crippen molar-refractivity contribution in [2.45, 2.75) is 25.4 Å². The predicted octanol–water partition coefficient (Wildman–Crippen LogP) is 2.73. The van der Waals surface area contributed by atoms with Crippen molar-refractivity contribution in [3.05, 3.63) is 29.8 Å². The first-order chi connectivity index (χ1) is 7.16. The molecule has 2 nitrogen and oxygen atoms in total. The number of hydrogen-bond acceptors (Lipinski definition) is 2.